The van der Waals surface area contributed by atoms with Gasteiger partial charge < -0.3 is 9.47 Å². The van der Waals surface area contributed by atoms with Crippen molar-refractivity contribution in [3.63, 3.8) is 0 Å². The summed E-state index contributed by atoms with van der Waals surface area (Å²) in [6.07, 6.45) is 1.84. The third-order valence-electron chi connectivity index (χ3n) is 5.01. The number of fused-ring (bicyclic) bond motifs is 2. The predicted molar refractivity (Wildman–Crippen MR) is 90.2 cm³/mol. The van der Waals surface area contributed by atoms with Gasteiger partial charge in [-0.05, 0) is 31.4 Å². The summed E-state index contributed by atoms with van der Waals surface area (Å²) in [5.41, 5.74) is 0.383. The smallest absolute Gasteiger partial charge is 0.324 e. The van der Waals surface area contributed by atoms with E-state index in [4.69, 9.17) is 9.47 Å². The fourth-order valence-corrected chi connectivity index (χ4v) is 3.95. The van der Waals surface area contributed by atoms with E-state index in [1.54, 1.807) is 6.92 Å². The molecular weight excluding hydrogens is 304 g/mol. The van der Waals surface area contributed by atoms with Crippen LogP contribution in [0.3, 0.4) is 0 Å². The van der Waals surface area contributed by atoms with Crippen LogP contribution < -0.4 is 0 Å². The minimum atomic E-state index is -1.28. The summed E-state index contributed by atoms with van der Waals surface area (Å²) in [5, 5.41) is 0. The highest BCUT2D eigenvalue weighted by Gasteiger charge is 2.62. The van der Waals surface area contributed by atoms with Crippen LogP contribution in [0.2, 0.25) is 0 Å². The molecular formula is C20H22O4. The van der Waals surface area contributed by atoms with Gasteiger partial charge in [0.25, 0.3) is 0 Å². The molecule has 0 spiro atoms. The molecule has 2 aliphatic rings. The van der Waals surface area contributed by atoms with Crippen LogP contribution in [0.4, 0.5) is 0 Å². The molecule has 1 aromatic carbocycles. The number of carbonyl (C=O) groups excluding carboxylic acids is 2. The van der Waals surface area contributed by atoms with E-state index in [1.807, 2.05) is 37.3 Å². The summed E-state index contributed by atoms with van der Waals surface area (Å²) in [5.74, 6) is -0.309. The fourth-order valence-electron chi connectivity index (χ4n) is 3.95. The average Bonchev–Trinajstić information content (AvgIpc) is 2.85. The van der Waals surface area contributed by atoms with Gasteiger partial charge in [0, 0.05) is 17.9 Å². The monoisotopic (exact) mass is 326 g/mol. The van der Waals surface area contributed by atoms with E-state index < -0.39 is 11.4 Å². The van der Waals surface area contributed by atoms with Crippen molar-refractivity contribution in [1.82, 2.24) is 0 Å². The SMILES string of the molecule is C=C1C(c2ccccc2)C2CC1(C(=O)OCC)C(=O)C=C2OCC. The molecule has 2 bridgehead atoms. The third-order valence-corrected chi connectivity index (χ3v) is 5.01. The summed E-state index contributed by atoms with van der Waals surface area (Å²) in [7, 11) is 0. The maximum atomic E-state index is 12.8. The van der Waals surface area contributed by atoms with Gasteiger partial charge in [0.1, 0.15) is 5.76 Å². The van der Waals surface area contributed by atoms with Gasteiger partial charge in [0.05, 0.1) is 13.2 Å². The first-order chi connectivity index (χ1) is 11.6. The van der Waals surface area contributed by atoms with Crippen LogP contribution in [-0.2, 0) is 19.1 Å². The van der Waals surface area contributed by atoms with Crippen molar-refractivity contribution in [3.05, 3.63) is 59.9 Å². The van der Waals surface area contributed by atoms with Crippen LogP contribution in [0.15, 0.2) is 54.3 Å². The number of ether oxygens (including phenoxy) is 2. The van der Waals surface area contributed by atoms with Crippen LogP contribution in [-0.4, -0.2) is 25.0 Å². The van der Waals surface area contributed by atoms with Gasteiger partial charge in [-0.1, -0.05) is 36.9 Å². The lowest BCUT2D eigenvalue weighted by Crippen LogP contribution is -2.41. The lowest BCUT2D eigenvalue weighted by Gasteiger charge is -2.28. The second-order valence-electron chi connectivity index (χ2n) is 6.19. The molecule has 1 fully saturated rings. The minimum absolute atomic E-state index is 0.0676. The van der Waals surface area contributed by atoms with E-state index in [1.165, 1.54) is 6.08 Å². The lowest BCUT2D eigenvalue weighted by atomic mass is 9.75. The molecule has 0 heterocycles. The van der Waals surface area contributed by atoms with Crippen molar-refractivity contribution in [2.24, 2.45) is 11.3 Å². The summed E-state index contributed by atoms with van der Waals surface area (Å²) in [6.45, 7) is 8.52. The average molecular weight is 326 g/mol. The molecule has 0 N–H and O–H groups in total. The van der Waals surface area contributed by atoms with E-state index >= 15 is 0 Å². The molecule has 0 aromatic heterocycles. The first-order valence-corrected chi connectivity index (χ1v) is 8.36. The third kappa shape index (κ3) is 2.29. The quantitative estimate of drug-likeness (QED) is 0.473. The Kier molecular flexibility index (Phi) is 4.31. The zero-order valence-electron chi connectivity index (χ0n) is 14.1. The molecule has 0 radical (unpaired) electrons. The Hall–Kier alpha value is -2.36. The van der Waals surface area contributed by atoms with Gasteiger partial charge in [-0.25, -0.2) is 0 Å². The number of benzene rings is 1. The van der Waals surface area contributed by atoms with Crippen LogP contribution in [0.1, 0.15) is 31.7 Å². The fraction of sp³-hybridized carbons (Fsp3) is 0.400. The van der Waals surface area contributed by atoms with E-state index in [-0.39, 0.29) is 24.2 Å². The molecule has 1 saturated carbocycles. The second kappa shape index (κ2) is 6.27. The molecule has 3 atom stereocenters. The number of ketones is 1. The molecule has 0 saturated heterocycles. The Bertz CT molecular complexity index is 704. The van der Waals surface area contributed by atoms with Crippen LogP contribution in [0, 0.1) is 11.3 Å². The standard InChI is InChI=1S/C20H22O4/c1-4-23-16-11-17(21)20(19(22)24-5-2)12-15(16)18(13(20)3)14-9-7-6-8-10-14/h6-11,15,18H,3-5,12H2,1-2H3. The van der Waals surface area contributed by atoms with Gasteiger partial charge in [-0.3, -0.25) is 9.59 Å². The molecule has 4 heteroatoms. The Balaban J connectivity index is 2.11. The summed E-state index contributed by atoms with van der Waals surface area (Å²) in [6, 6.07) is 9.85. The molecule has 4 nitrogen and oxygen atoms in total. The van der Waals surface area contributed by atoms with Gasteiger partial charge in [0.2, 0.25) is 0 Å². The van der Waals surface area contributed by atoms with Gasteiger partial charge in [-0.15, -0.1) is 0 Å². The molecule has 3 rings (SSSR count). The predicted octanol–water partition coefficient (Wildman–Crippen LogP) is 3.40. The topological polar surface area (TPSA) is 52.6 Å². The zero-order valence-corrected chi connectivity index (χ0v) is 14.1. The number of esters is 1. The largest absolute Gasteiger partial charge is 0.498 e. The first kappa shape index (κ1) is 16.5. The van der Waals surface area contributed by atoms with Crippen LogP contribution in [0.25, 0.3) is 0 Å². The maximum absolute atomic E-state index is 12.8. The number of carbonyl (C=O) groups is 2. The number of hydrogen-bond acceptors (Lipinski definition) is 4. The van der Waals surface area contributed by atoms with Crippen molar-refractivity contribution in [3.8, 4) is 0 Å². The minimum Gasteiger partial charge on any atom is -0.498 e. The molecule has 24 heavy (non-hydrogen) atoms. The molecule has 2 aliphatic carbocycles. The van der Waals surface area contributed by atoms with Crippen molar-refractivity contribution in [1.29, 1.82) is 0 Å². The summed E-state index contributed by atoms with van der Waals surface area (Å²) < 4.78 is 10.9. The van der Waals surface area contributed by atoms with Crippen LogP contribution >= 0.6 is 0 Å². The van der Waals surface area contributed by atoms with Crippen molar-refractivity contribution >= 4 is 11.8 Å². The highest BCUT2D eigenvalue weighted by molar-refractivity contribution is 6.14. The Labute approximate surface area is 142 Å². The number of rotatable bonds is 5. The summed E-state index contributed by atoms with van der Waals surface area (Å²) >= 11 is 0. The van der Waals surface area contributed by atoms with Crippen molar-refractivity contribution in [2.45, 2.75) is 26.2 Å². The maximum Gasteiger partial charge on any atom is 0.324 e. The molecule has 126 valence electrons. The lowest BCUT2D eigenvalue weighted by molar-refractivity contribution is -0.156. The molecule has 0 aliphatic heterocycles. The van der Waals surface area contributed by atoms with E-state index in [0.29, 0.717) is 24.4 Å². The van der Waals surface area contributed by atoms with Crippen molar-refractivity contribution < 1.29 is 19.1 Å². The van der Waals surface area contributed by atoms with Crippen molar-refractivity contribution in [2.75, 3.05) is 13.2 Å². The molecule has 0 amide bonds. The number of hydrogen-bond donors (Lipinski definition) is 0. The van der Waals surface area contributed by atoms with Gasteiger partial charge >= 0.3 is 5.97 Å². The molecule has 1 aromatic rings. The Morgan fingerprint density at radius 1 is 1.25 bits per heavy atom. The first-order valence-electron chi connectivity index (χ1n) is 8.36. The number of allylic oxidation sites excluding steroid dienone is 2. The van der Waals surface area contributed by atoms with E-state index in [2.05, 4.69) is 6.58 Å². The zero-order chi connectivity index (χ0) is 17.3. The Morgan fingerprint density at radius 3 is 2.58 bits per heavy atom. The van der Waals surface area contributed by atoms with E-state index in [9.17, 15) is 9.59 Å². The van der Waals surface area contributed by atoms with Gasteiger partial charge in [-0.2, -0.15) is 0 Å². The highest BCUT2D eigenvalue weighted by atomic mass is 16.5. The second-order valence-corrected chi connectivity index (χ2v) is 6.19. The Morgan fingerprint density at radius 2 is 1.96 bits per heavy atom. The normalized spacial score (nSPS) is 28.5. The van der Waals surface area contributed by atoms with Crippen LogP contribution in [0.5, 0.6) is 0 Å². The van der Waals surface area contributed by atoms with E-state index in [0.717, 1.165) is 5.56 Å². The highest BCUT2D eigenvalue weighted by Crippen LogP contribution is 2.59. The molecule has 3 unspecified atom stereocenters. The van der Waals surface area contributed by atoms with Gasteiger partial charge in [0.15, 0.2) is 11.2 Å². The summed E-state index contributed by atoms with van der Waals surface area (Å²) in [4.78, 5) is 25.5.